The van der Waals surface area contributed by atoms with E-state index in [1.807, 2.05) is 0 Å². The van der Waals surface area contributed by atoms with Gasteiger partial charge in [0, 0.05) is 22.4 Å². The second-order valence-corrected chi connectivity index (χ2v) is 6.26. The molecule has 4 aliphatic rings. The van der Waals surface area contributed by atoms with Crippen LogP contribution in [0.4, 0.5) is 0 Å². The zero-order chi connectivity index (χ0) is 13.9. The highest BCUT2D eigenvalue weighted by molar-refractivity contribution is 6.16. The number of carbonyl (C=O) groups excluding carboxylic acids is 1. The van der Waals surface area contributed by atoms with Gasteiger partial charge in [0.05, 0.1) is 24.0 Å². The van der Waals surface area contributed by atoms with Crippen molar-refractivity contribution in [3.05, 3.63) is 34.2 Å². The lowest BCUT2D eigenvalue weighted by Gasteiger charge is -2.28. The lowest BCUT2D eigenvalue weighted by atomic mass is 9.77. The van der Waals surface area contributed by atoms with Gasteiger partial charge in [-0.3, -0.25) is 15.2 Å². The van der Waals surface area contributed by atoms with E-state index in [1.165, 1.54) is 11.3 Å². The fourth-order valence-corrected chi connectivity index (χ4v) is 3.48. The van der Waals surface area contributed by atoms with Crippen molar-refractivity contribution in [1.29, 1.82) is 0 Å². The number of hydrogen-bond acceptors (Lipinski definition) is 4. The van der Waals surface area contributed by atoms with Crippen LogP contribution in [-0.2, 0) is 4.79 Å². The van der Waals surface area contributed by atoms with Crippen molar-refractivity contribution in [1.82, 2.24) is 5.43 Å². The summed E-state index contributed by atoms with van der Waals surface area (Å²) in [4.78, 5) is 16.6. The molecular formula is C16H17N3O. The minimum Gasteiger partial charge on any atom is -0.294 e. The number of hydrogen-bond donors (Lipinski definition) is 1. The molecule has 0 saturated heterocycles. The molecule has 2 heterocycles. The number of nitrogens with zero attached hydrogens (tertiary/aromatic N) is 2. The molecule has 0 fully saturated rings. The van der Waals surface area contributed by atoms with E-state index in [-0.39, 0.29) is 5.78 Å². The molecular weight excluding hydrogens is 250 g/mol. The van der Waals surface area contributed by atoms with E-state index in [1.54, 1.807) is 12.3 Å². The molecule has 0 aromatic rings. The van der Waals surface area contributed by atoms with Gasteiger partial charge in [-0.1, -0.05) is 13.8 Å². The molecule has 1 N–H and O–H groups in total. The van der Waals surface area contributed by atoms with Gasteiger partial charge in [0.1, 0.15) is 0 Å². The first kappa shape index (κ1) is 11.8. The maximum atomic E-state index is 11.8. The molecule has 0 bridgehead atoms. The van der Waals surface area contributed by atoms with E-state index in [0.29, 0.717) is 18.3 Å². The van der Waals surface area contributed by atoms with E-state index in [4.69, 9.17) is 4.99 Å². The van der Waals surface area contributed by atoms with Crippen molar-refractivity contribution in [2.24, 2.45) is 21.9 Å². The number of aliphatic imine (C=N–C) groups is 1. The summed E-state index contributed by atoms with van der Waals surface area (Å²) in [5.41, 5.74) is 9.71. The monoisotopic (exact) mass is 267 g/mol. The maximum absolute atomic E-state index is 11.8. The number of nitrogens with one attached hydrogen (secondary N) is 1. The van der Waals surface area contributed by atoms with Crippen molar-refractivity contribution in [2.45, 2.75) is 33.1 Å². The number of hydrazone groups is 1. The molecule has 102 valence electrons. The van der Waals surface area contributed by atoms with E-state index >= 15 is 0 Å². The van der Waals surface area contributed by atoms with Gasteiger partial charge in [0.15, 0.2) is 5.78 Å². The highest BCUT2D eigenvalue weighted by Gasteiger charge is 2.38. The van der Waals surface area contributed by atoms with Crippen molar-refractivity contribution in [2.75, 3.05) is 0 Å². The van der Waals surface area contributed by atoms with Crippen LogP contribution in [0.3, 0.4) is 0 Å². The van der Waals surface area contributed by atoms with Gasteiger partial charge in [-0.25, -0.2) is 0 Å². The van der Waals surface area contributed by atoms with Crippen LogP contribution in [0.25, 0.3) is 0 Å². The van der Waals surface area contributed by atoms with Gasteiger partial charge in [-0.15, -0.1) is 0 Å². The third-order valence-corrected chi connectivity index (χ3v) is 4.61. The maximum Gasteiger partial charge on any atom is 0.162 e. The summed E-state index contributed by atoms with van der Waals surface area (Å²) < 4.78 is 0. The Bertz CT molecular complexity index is 674. The first-order valence-corrected chi connectivity index (χ1v) is 7.22. The van der Waals surface area contributed by atoms with E-state index in [0.717, 1.165) is 35.4 Å². The van der Waals surface area contributed by atoms with Crippen LogP contribution in [0.15, 0.2) is 44.3 Å². The summed E-state index contributed by atoms with van der Waals surface area (Å²) in [6, 6.07) is 0. The van der Waals surface area contributed by atoms with Gasteiger partial charge in [0.2, 0.25) is 0 Å². The van der Waals surface area contributed by atoms with E-state index in [9.17, 15) is 4.79 Å². The number of allylic oxidation sites excluding steroid dienone is 6. The number of ketones is 1. The van der Waals surface area contributed by atoms with E-state index in [2.05, 4.69) is 24.4 Å². The number of carbonyl (C=O) groups is 1. The van der Waals surface area contributed by atoms with Crippen LogP contribution in [-0.4, -0.2) is 17.7 Å². The van der Waals surface area contributed by atoms with Gasteiger partial charge in [0.25, 0.3) is 0 Å². The Balaban J connectivity index is 1.87. The third-order valence-electron chi connectivity index (χ3n) is 4.61. The largest absolute Gasteiger partial charge is 0.294 e. The van der Waals surface area contributed by atoms with Gasteiger partial charge in [-0.05, 0) is 30.8 Å². The predicted octanol–water partition coefficient (Wildman–Crippen LogP) is 2.50. The summed E-state index contributed by atoms with van der Waals surface area (Å²) in [7, 11) is 0. The second-order valence-electron chi connectivity index (χ2n) is 6.26. The summed E-state index contributed by atoms with van der Waals surface area (Å²) in [5, 5.41) is 4.28. The summed E-state index contributed by atoms with van der Waals surface area (Å²) in [5.74, 6) is 1.34. The first-order valence-electron chi connectivity index (χ1n) is 7.22. The smallest absolute Gasteiger partial charge is 0.162 e. The zero-order valence-corrected chi connectivity index (χ0v) is 11.7. The van der Waals surface area contributed by atoms with Crippen molar-refractivity contribution in [3.63, 3.8) is 0 Å². The Morgan fingerprint density at radius 2 is 2.15 bits per heavy atom. The zero-order valence-electron chi connectivity index (χ0n) is 11.7. The molecule has 20 heavy (non-hydrogen) atoms. The standard InChI is InChI=1S/C16H17N3O/c1-8(2)9-4-12-16-14(5-9)19-17-7-10-3-11(20)6-13(18-12)15(10)16/h3,7-9,19H,4-6H2,1-2H3. The molecule has 0 aromatic heterocycles. The van der Waals surface area contributed by atoms with Crippen molar-refractivity contribution in [3.8, 4) is 0 Å². The van der Waals surface area contributed by atoms with Crippen LogP contribution in [0.5, 0.6) is 0 Å². The molecule has 0 amide bonds. The Hall–Kier alpha value is -1.97. The second kappa shape index (κ2) is 4.01. The van der Waals surface area contributed by atoms with Crippen molar-refractivity contribution < 1.29 is 4.79 Å². The molecule has 2 aliphatic carbocycles. The van der Waals surface area contributed by atoms with Crippen LogP contribution < -0.4 is 5.43 Å². The van der Waals surface area contributed by atoms with Gasteiger partial charge in [-0.2, -0.15) is 5.10 Å². The molecule has 2 aliphatic heterocycles. The topological polar surface area (TPSA) is 53.8 Å². The third kappa shape index (κ3) is 1.57. The van der Waals surface area contributed by atoms with Crippen molar-refractivity contribution >= 4 is 17.7 Å². The summed E-state index contributed by atoms with van der Waals surface area (Å²) in [6.07, 6.45) is 5.91. The van der Waals surface area contributed by atoms with Crippen LogP contribution in [0.1, 0.15) is 33.1 Å². The molecule has 4 nitrogen and oxygen atoms in total. The minimum absolute atomic E-state index is 0.123. The molecule has 0 aromatic carbocycles. The molecule has 0 spiro atoms. The quantitative estimate of drug-likeness (QED) is 0.793. The average molecular weight is 267 g/mol. The highest BCUT2D eigenvalue weighted by atomic mass is 16.1. The Morgan fingerprint density at radius 1 is 1.30 bits per heavy atom. The molecule has 0 radical (unpaired) electrons. The molecule has 0 saturated carbocycles. The molecule has 4 heteroatoms. The normalized spacial score (nSPS) is 27.4. The van der Waals surface area contributed by atoms with Crippen LogP contribution >= 0.6 is 0 Å². The Morgan fingerprint density at radius 3 is 2.95 bits per heavy atom. The average Bonchev–Trinajstić information content (AvgIpc) is 2.64. The lowest BCUT2D eigenvalue weighted by Crippen LogP contribution is -2.26. The molecule has 1 atom stereocenters. The van der Waals surface area contributed by atoms with Crippen LogP contribution in [0, 0.1) is 11.8 Å². The minimum atomic E-state index is 0.123. The van der Waals surface area contributed by atoms with Gasteiger partial charge >= 0.3 is 0 Å². The van der Waals surface area contributed by atoms with Gasteiger partial charge < -0.3 is 0 Å². The SMILES string of the molecule is CC(C)C1CC2=NC3=C4C(=CC(=O)C3)C=NNC(=C24)C1. The molecule has 4 rings (SSSR count). The summed E-state index contributed by atoms with van der Waals surface area (Å²) in [6.45, 7) is 4.52. The fraction of sp³-hybridized carbons (Fsp3) is 0.438. The first-order chi connectivity index (χ1) is 9.63. The summed E-state index contributed by atoms with van der Waals surface area (Å²) >= 11 is 0. The lowest BCUT2D eigenvalue weighted by molar-refractivity contribution is -0.114. The Labute approximate surface area is 118 Å². The fourth-order valence-electron chi connectivity index (χ4n) is 3.48. The predicted molar refractivity (Wildman–Crippen MR) is 78.4 cm³/mol. The van der Waals surface area contributed by atoms with Crippen LogP contribution in [0.2, 0.25) is 0 Å². The number of rotatable bonds is 1. The van der Waals surface area contributed by atoms with E-state index < -0.39 is 0 Å². The highest BCUT2D eigenvalue weighted by Crippen LogP contribution is 2.44. The Kier molecular flexibility index (Phi) is 2.37. The molecule has 1 unspecified atom stereocenters.